The van der Waals surface area contributed by atoms with E-state index in [0.29, 0.717) is 18.1 Å². The van der Waals surface area contributed by atoms with Crippen LogP contribution < -0.4 is 10.2 Å². The molecule has 1 aliphatic rings. The molecule has 0 saturated carbocycles. The van der Waals surface area contributed by atoms with Crippen molar-refractivity contribution in [2.75, 3.05) is 11.4 Å². The highest BCUT2D eigenvalue weighted by Crippen LogP contribution is 2.31. The lowest BCUT2D eigenvalue weighted by Crippen LogP contribution is -2.33. The van der Waals surface area contributed by atoms with E-state index in [2.05, 4.69) is 17.4 Å². The Morgan fingerprint density at radius 1 is 1.15 bits per heavy atom. The Morgan fingerprint density at radius 2 is 1.77 bits per heavy atom. The van der Waals surface area contributed by atoms with Gasteiger partial charge in [-0.3, -0.25) is 9.59 Å². The minimum absolute atomic E-state index is 0.00620. The summed E-state index contributed by atoms with van der Waals surface area (Å²) < 4.78 is 0. The summed E-state index contributed by atoms with van der Waals surface area (Å²) in [5, 5.41) is 3.60. The Labute approximate surface area is 159 Å². The highest BCUT2D eigenvalue weighted by molar-refractivity contribution is 6.30. The van der Waals surface area contributed by atoms with Gasteiger partial charge in [0.2, 0.25) is 11.8 Å². The van der Waals surface area contributed by atoms with Crippen LogP contribution in [0.2, 0.25) is 5.02 Å². The minimum Gasteiger partial charge on any atom is -0.352 e. The van der Waals surface area contributed by atoms with Crippen LogP contribution in [0.3, 0.4) is 0 Å². The second kappa shape index (κ2) is 7.50. The van der Waals surface area contributed by atoms with Crippen molar-refractivity contribution in [2.45, 2.75) is 33.7 Å². The van der Waals surface area contributed by atoms with Crippen molar-refractivity contribution in [3.05, 3.63) is 63.7 Å². The third-order valence-electron chi connectivity index (χ3n) is 4.78. The van der Waals surface area contributed by atoms with E-state index >= 15 is 0 Å². The lowest BCUT2D eigenvalue weighted by molar-refractivity contribution is -0.126. The molecule has 2 aromatic rings. The lowest BCUT2D eigenvalue weighted by Gasteiger charge is -2.22. The number of amides is 2. The molecule has 136 valence electrons. The van der Waals surface area contributed by atoms with Crippen molar-refractivity contribution in [1.82, 2.24) is 5.32 Å². The predicted octanol–water partition coefficient (Wildman–Crippen LogP) is 3.93. The van der Waals surface area contributed by atoms with Crippen LogP contribution in [0.1, 0.15) is 28.7 Å². The average Bonchev–Trinajstić information content (AvgIpc) is 2.95. The monoisotopic (exact) mass is 370 g/mol. The molecule has 1 heterocycles. The fraction of sp³-hybridized carbons (Fsp3) is 0.333. The summed E-state index contributed by atoms with van der Waals surface area (Å²) in [4.78, 5) is 26.8. The molecule has 1 N–H and O–H groups in total. The molecule has 3 rings (SSSR count). The molecular weight excluding hydrogens is 348 g/mol. The minimum atomic E-state index is -0.324. The number of nitrogens with zero attached hydrogens (tertiary/aromatic N) is 1. The molecule has 0 radical (unpaired) electrons. The summed E-state index contributed by atoms with van der Waals surface area (Å²) in [5.41, 5.74) is 5.23. The number of nitrogens with one attached hydrogen (secondary N) is 1. The first-order valence-electron chi connectivity index (χ1n) is 8.75. The van der Waals surface area contributed by atoms with Gasteiger partial charge in [-0.05, 0) is 49.6 Å². The number of carbonyl (C=O) groups is 2. The quantitative estimate of drug-likeness (QED) is 0.886. The summed E-state index contributed by atoms with van der Waals surface area (Å²) in [6.45, 7) is 6.93. The van der Waals surface area contributed by atoms with E-state index < -0.39 is 0 Å². The van der Waals surface area contributed by atoms with E-state index in [9.17, 15) is 9.59 Å². The first kappa shape index (κ1) is 18.5. The van der Waals surface area contributed by atoms with Gasteiger partial charge < -0.3 is 10.2 Å². The fourth-order valence-electron chi connectivity index (χ4n) is 3.63. The van der Waals surface area contributed by atoms with E-state index in [1.165, 1.54) is 5.56 Å². The van der Waals surface area contributed by atoms with E-state index in [1.54, 1.807) is 17.0 Å². The van der Waals surface area contributed by atoms with Crippen LogP contribution in [0.5, 0.6) is 0 Å². The molecular formula is C21H23ClN2O2. The largest absolute Gasteiger partial charge is 0.352 e. The van der Waals surface area contributed by atoms with Crippen LogP contribution >= 0.6 is 11.6 Å². The van der Waals surface area contributed by atoms with Gasteiger partial charge in [0.05, 0.1) is 5.92 Å². The Balaban J connectivity index is 1.67. The number of hydrogen-bond acceptors (Lipinski definition) is 2. The normalized spacial score (nSPS) is 16.8. The second-order valence-corrected chi connectivity index (χ2v) is 7.43. The number of anilines is 1. The van der Waals surface area contributed by atoms with Crippen molar-refractivity contribution in [1.29, 1.82) is 0 Å². The molecule has 2 amide bonds. The molecule has 0 aromatic heterocycles. The Hall–Kier alpha value is -2.33. The second-order valence-electron chi connectivity index (χ2n) is 7.00. The van der Waals surface area contributed by atoms with Crippen LogP contribution in [0.15, 0.2) is 36.4 Å². The summed E-state index contributed by atoms with van der Waals surface area (Å²) in [7, 11) is 0. The molecule has 0 aliphatic carbocycles. The van der Waals surface area contributed by atoms with Crippen molar-refractivity contribution < 1.29 is 9.59 Å². The van der Waals surface area contributed by atoms with Gasteiger partial charge in [0.15, 0.2) is 0 Å². The first-order chi connectivity index (χ1) is 12.3. The van der Waals surface area contributed by atoms with Gasteiger partial charge in [0, 0.05) is 30.2 Å². The van der Waals surface area contributed by atoms with Crippen molar-refractivity contribution >= 4 is 29.1 Å². The lowest BCUT2D eigenvalue weighted by atomic mass is 10.0. The van der Waals surface area contributed by atoms with Crippen LogP contribution in [-0.4, -0.2) is 18.4 Å². The average molecular weight is 371 g/mol. The SMILES string of the molecule is Cc1cc(C)c(N2CC(C(=O)NCc3ccc(Cl)cc3)CC2=O)c(C)c1. The summed E-state index contributed by atoms with van der Waals surface area (Å²) >= 11 is 5.87. The van der Waals surface area contributed by atoms with Crippen LogP contribution in [0, 0.1) is 26.7 Å². The molecule has 2 aromatic carbocycles. The fourth-order valence-corrected chi connectivity index (χ4v) is 3.76. The van der Waals surface area contributed by atoms with Crippen LogP contribution in [0.25, 0.3) is 0 Å². The maximum absolute atomic E-state index is 12.5. The zero-order valence-electron chi connectivity index (χ0n) is 15.3. The molecule has 1 fully saturated rings. The molecule has 0 bridgehead atoms. The summed E-state index contributed by atoms with van der Waals surface area (Å²) in [6, 6.07) is 11.5. The molecule has 4 nitrogen and oxygen atoms in total. The van der Waals surface area contributed by atoms with Crippen molar-refractivity contribution in [3.63, 3.8) is 0 Å². The smallest absolute Gasteiger partial charge is 0.227 e. The standard InChI is InChI=1S/C21H23ClN2O2/c1-13-8-14(2)20(15(3)9-13)24-12-17(10-19(24)25)21(26)23-11-16-4-6-18(22)7-5-16/h4-9,17H,10-12H2,1-3H3,(H,23,26). The zero-order chi connectivity index (χ0) is 18.8. The Bertz CT molecular complexity index is 823. The van der Waals surface area contributed by atoms with Gasteiger partial charge in [0.1, 0.15) is 0 Å². The number of carbonyl (C=O) groups excluding carboxylic acids is 2. The van der Waals surface area contributed by atoms with E-state index in [0.717, 1.165) is 22.4 Å². The van der Waals surface area contributed by atoms with E-state index in [4.69, 9.17) is 11.6 Å². The summed E-state index contributed by atoms with van der Waals surface area (Å²) in [6.07, 6.45) is 0.249. The Kier molecular flexibility index (Phi) is 5.33. The number of aryl methyl sites for hydroxylation is 3. The number of halogens is 1. The molecule has 1 saturated heterocycles. The van der Waals surface area contributed by atoms with Crippen molar-refractivity contribution in [2.24, 2.45) is 5.92 Å². The summed E-state index contributed by atoms with van der Waals surface area (Å²) in [5.74, 6) is -0.403. The van der Waals surface area contributed by atoms with E-state index in [1.807, 2.05) is 32.9 Å². The van der Waals surface area contributed by atoms with Crippen LogP contribution in [0.4, 0.5) is 5.69 Å². The van der Waals surface area contributed by atoms with Gasteiger partial charge >= 0.3 is 0 Å². The third-order valence-corrected chi connectivity index (χ3v) is 5.03. The number of hydrogen-bond donors (Lipinski definition) is 1. The van der Waals surface area contributed by atoms with E-state index in [-0.39, 0.29) is 24.2 Å². The van der Waals surface area contributed by atoms with Crippen LogP contribution in [-0.2, 0) is 16.1 Å². The molecule has 0 spiro atoms. The highest BCUT2D eigenvalue weighted by atomic mass is 35.5. The maximum Gasteiger partial charge on any atom is 0.227 e. The topological polar surface area (TPSA) is 49.4 Å². The molecule has 5 heteroatoms. The van der Waals surface area contributed by atoms with Gasteiger partial charge in [-0.2, -0.15) is 0 Å². The molecule has 1 unspecified atom stereocenters. The third kappa shape index (κ3) is 3.91. The van der Waals surface area contributed by atoms with Gasteiger partial charge in [-0.25, -0.2) is 0 Å². The highest BCUT2D eigenvalue weighted by Gasteiger charge is 2.36. The maximum atomic E-state index is 12.5. The first-order valence-corrected chi connectivity index (χ1v) is 9.13. The van der Waals surface area contributed by atoms with Gasteiger partial charge in [-0.15, -0.1) is 0 Å². The van der Waals surface area contributed by atoms with Gasteiger partial charge in [-0.1, -0.05) is 41.4 Å². The molecule has 1 aliphatic heterocycles. The number of rotatable bonds is 4. The zero-order valence-corrected chi connectivity index (χ0v) is 16.1. The predicted molar refractivity (Wildman–Crippen MR) is 104 cm³/mol. The molecule has 26 heavy (non-hydrogen) atoms. The van der Waals surface area contributed by atoms with Gasteiger partial charge in [0.25, 0.3) is 0 Å². The number of benzene rings is 2. The molecule has 1 atom stereocenters. The Morgan fingerprint density at radius 3 is 2.38 bits per heavy atom. The van der Waals surface area contributed by atoms with Crippen molar-refractivity contribution in [3.8, 4) is 0 Å².